The van der Waals surface area contributed by atoms with E-state index in [2.05, 4.69) is 24.3 Å². The van der Waals surface area contributed by atoms with Gasteiger partial charge in [0.2, 0.25) is 0 Å². The number of benzene rings is 3. The summed E-state index contributed by atoms with van der Waals surface area (Å²) in [6.45, 7) is 0. The van der Waals surface area contributed by atoms with Gasteiger partial charge in [-0.2, -0.15) is 0 Å². The van der Waals surface area contributed by atoms with E-state index in [9.17, 15) is 4.79 Å². The van der Waals surface area contributed by atoms with Crippen molar-refractivity contribution in [2.24, 2.45) is 0 Å². The molecule has 0 aromatic heterocycles. The van der Waals surface area contributed by atoms with E-state index in [-0.39, 0.29) is 5.78 Å². The van der Waals surface area contributed by atoms with Crippen LogP contribution in [-0.2, 0) is 6.42 Å². The monoisotopic (exact) mass is 340 g/mol. The summed E-state index contributed by atoms with van der Waals surface area (Å²) in [6.07, 6.45) is 1.83. The van der Waals surface area contributed by atoms with Crippen LogP contribution in [0.5, 0.6) is 5.75 Å². The van der Waals surface area contributed by atoms with E-state index in [1.165, 1.54) is 5.56 Å². The van der Waals surface area contributed by atoms with E-state index < -0.39 is 0 Å². The quantitative estimate of drug-likeness (QED) is 0.592. The summed E-state index contributed by atoms with van der Waals surface area (Å²) in [4.78, 5) is 13.4. The molecule has 2 nitrogen and oxygen atoms in total. The number of methoxy groups -OCH3 is 1. The van der Waals surface area contributed by atoms with Gasteiger partial charge >= 0.3 is 0 Å². The zero-order chi connectivity index (χ0) is 17.9. The van der Waals surface area contributed by atoms with Crippen LogP contribution in [0.2, 0.25) is 0 Å². The van der Waals surface area contributed by atoms with Crippen LogP contribution in [0.15, 0.2) is 78.9 Å². The van der Waals surface area contributed by atoms with E-state index in [1.807, 2.05) is 54.6 Å². The molecule has 0 N–H and O–H groups in total. The van der Waals surface area contributed by atoms with Gasteiger partial charge in [-0.1, -0.05) is 54.6 Å². The molecule has 0 atom stereocenters. The number of ether oxygens (including phenoxy) is 1. The van der Waals surface area contributed by atoms with Crippen LogP contribution in [0.25, 0.3) is 11.1 Å². The van der Waals surface area contributed by atoms with Crippen molar-refractivity contribution >= 4 is 16.9 Å². The highest BCUT2D eigenvalue weighted by atomic mass is 16.5. The minimum absolute atomic E-state index is 0.0682. The zero-order valence-electron chi connectivity index (χ0n) is 14.7. The Morgan fingerprint density at radius 1 is 0.808 bits per heavy atom. The average Bonchev–Trinajstić information content (AvgIpc) is 2.73. The Morgan fingerprint density at radius 3 is 2.23 bits per heavy atom. The van der Waals surface area contributed by atoms with Crippen LogP contribution in [0, 0.1) is 0 Å². The second-order valence-electron chi connectivity index (χ2n) is 6.43. The molecule has 0 spiro atoms. The predicted molar refractivity (Wildman–Crippen MR) is 105 cm³/mol. The molecule has 2 heteroatoms. The van der Waals surface area contributed by atoms with Gasteiger partial charge in [-0.05, 0) is 59.4 Å². The topological polar surface area (TPSA) is 26.3 Å². The van der Waals surface area contributed by atoms with Crippen molar-refractivity contribution in [1.82, 2.24) is 0 Å². The van der Waals surface area contributed by atoms with Gasteiger partial charge in [0.25, 0.3) is 0 Å². The summed E-state index contributed by atoms with van der Waals surface area (Å²) >= 11 is 0. The number of rotatable bonds is 4. The van der Waals surface area contributed by atoms with Gasteiger partial charge in [0, 0.05) is 11.1 Å². The maximum atomic E-state index is 13.4. The Morgan fingerprint density at radius 2 is 1.50 bits per heavy atom. The molecule has 0 heterocycles. The third kappa shape index (κ3) is 2.95. The Labute approximate surface area is 153 Å². The van der Waals surface area contributed by atoms with Crippen molar-refractivity contribution in [3.05, 3.63) is 101 Å². The first-order valence-corrected chi connectivity index (χ1v) is 8.83. The highest BCUT2D eigenvalue weighted by Gasteiger charge is 2.25. The van der Waals surface area contributed by atoms with Gasteiger partial charge in [-0.25, -0.2) is 0 Å². The molecule has 4 rings (SSSR count). The average molecular weight is 340 g/mol. The standard InChI is InChI=1S/C24H20O2/c1-26-20-14-11-19(12-15-20)24(25)23-21-10-6-5-9-18(21)13-16-22(23)17-7-3-2-4-8-17/h2-12,14-15H,13,16H2,1H3. The summed E-state index contributed by atoms with van der Waals surface area (Å²) in [5.74, 6) is 0.821. The second-order valence-corrected chi connectivity index (χ2v) is 6.43. The van der Waals surface area contributed by atoms with E-state index in [4.69, 9.17) is 4.74 Å². The highest BCUT2D eigenvalue weighted by molar-refractivity contribution is 6.35. The van der Waals surface area contributed by atoms with Crippen LogP contribution < -0.4 is 4.74 Å². The number of allylic oxidation sites excluding steroid dienone is 2. The molecule has 0 radical (unpaired) electrons. The second kappa shape index (κ2) is 7.01. The molecule has 0 fully saturated rings. The number of fused-ring (bicyclic) bond motifs is 1. The summed E-state index contributed by atoms with van der Waals surface area (Å²) in [7, 11) is 1.63. The van der Waals surface area contributed by atoms with E-state index >= 15 is 0 Å². The molecule has 1 aliphatic carbocycles. The molecule has 0 amide bonds. The Balaban J connectivity index is 1.88. The Bertz CT molecular complexity index is 967. The smallest absolute Gasteiger partial charge is 0.193 e. The molecule has 0 saturated carbocycles. The Kier molecular flexibility index (Phi) is 4.40. The van der Waals surface area contributed by atoms with Gasteiger partial charge < -0.3 is 4.74 Å². The molecule has 0 saturated heterocycles. The SMILES string of the molecule is COc1ccc(C(=O)C2=C(c3ccccc3)CCc3ccccc32)cc1. The normalized spacial score (nSPS) is 13.3. The number of hydrogen-bond donors (Lipinski definition) is 0. The number of hydrogen-bond acceptors (Lipinski definition) is 2. The van der Waals surface area contributed by atoms with E-state index in [0.717, 1.165) is 40.9 Å². The van der Waals surface area contributed by atoms with Crippen LogP contribution in [0.1, 0.15) is 33.5 Å². The molecule has 3 aromatic carbocycles. The lowest BCUT2D eigenvalue weighted by Gasteiger charge is -2.23. The number of aryl methyl sites for hydroxylation is 1. The largest absolute Gasteiger partial charge is 0.497 e. The number of carbonyl (C=O) groups is 1. The first-order valence-electron chi connectivity index (χ1n) is 8.83. The van der Waals surface area contributed by atoms with E-state index in [1.54, 1.807) is 7.11 Å². The van der Waals surface area contributed by atoms with Gasteiger partial charge in [-0.15, -0.1) is 0 Å². The summed E-state index contributed by atoms with van der Waals surface area (Å²) < 4.78 is 5.22. The lowest BCUT2D eigenvalue weighted by Crippen LogP contribution is -2.12. The molecule has 128 valence electrons. The third-order valence-electron chi connectivity index (χ3n) is 4.93. The van der Waals surface area contributed by atoms with Gasteiger partial charge in [-0.3, -0.25) is 4.79 Å². The zero-order valence-corrected chi connectivity index (χ0v) is 14.7. The van der Waals surface area contributed by atoms with Gasteiger partial charge in [0.05, 0.1) is 7.11 Å². The molecule has 1 aliphatic rings. The van der Waals surface area contributed by atoms with Crippen molar-refractivity contribution in [3.63, 3.8) is 0 Å². The summed E-state index contributed by atoms with van der Waals surface area (Å²) in [5.41, 5.74) is 6.06. The lowest BCUT2D eigenvalue weighted by atomic mass is 9.80. The van der Waals surface area contributed by atoms with Crippen LogP contribution >= 0.6 is 0 Å². The minimum Gasteiger partial charge on any atom is -0.497 e. The number of carbonyl (C=O) groups excluding carboxylic acids is 1. The first-order chi connectivity index (χ1) is 12.8. The summed E-state index contributed by atoms with van der Waals surface area (Å²) in [5, 5.41) is 0. The van der Waals surface area contributed by atoms with Crippen molar-refractivity contribution in [3.8, 4) is 5.75 Å². The molecule has 0 bridgehead atoms. The first kappa shape index (κ1) is 16.3. The molecular formula is C24H20O2. The van der Waals surface area contributed by atoms with Crippen LogP contribution in [-0.4, -0.2) is 12.9 Å². The van der Waals surface area contributed by atoms with E-state index in [0.29, 0.717) is 5.56 Å². The van der Waals surface area contributed by atoms with Gasteiger partial charge in [0.1, 0.15) is 5.75 Å². The van der Waals surface area contributed by atoms with Crippen molar-refractivity contribution < 1.29 is 9.53 Å². The van der Waals surface area contributed by atoms with Crippen molar-refractivity contribution in [2.75, 3.05) is 7.11 Å². The van der Waals surface area contributed by atoms with Crippen molar-refractivity contribution in [2.45, 2.75) is 12.8 Å². The number of Topliss-reactive ketones (excluding diaryl/α,β-unsaturated/α-hetero) is 1. The molecule has 26 heavy (non-hydrogen) atoms. The fraction of sp³-hybridized carbons (Fsp3) is 0.125. The maximum Gasteiger partial charge on any atom is 0.193 e. The van der Waals surface area contributed by atoms with Crippen LogP contribution in [0.3, 0.4) is 0 Å². The lowest BCUT2D eigenvalue weighted by molar-refractivity contribution is 0.105. The van der Waals surface area contributed by atoms with Crippen molar-refractivity contribution in [1.29, 1.82) is 0 Å². The predicted octanol–water partition coefficient (Wildman–Crippen LogP) is 5.44. The summed E-state index contributed by atoms with van der Waals surface area (Å²) in [6, 6.07) is 25.8. The fourth-order valence-electron chi connectivity index (χ4n) is 3.60. The third-order valence-corrected chi connectivity index (χ3v) is 4.93. The number of ketones is 1. The molecule has 0 aliphatic heterocycles. The molecule has 0 unspecified atom stereocenters. The van der Waals surface area contributed by atoms with Crippen LogP contribution in [0.4, 0.5) is 0 Å². The fourth-order valence-corrected chi connectivity index (χ4v) is 3.60. The van der Waals surface area contributed by atoms with Gasteiger partial charge in [0.15, 0.2) is 5.78 Å². The molecular weight excluding hydrogens is 320 g/mol. The highest BCUT2D eigenvalue weighted by Crippen LogP contribution is 2.38. The maximum absolute atomic E-state index is 13.4. The molecule has 3 aromatic rings. The Hall–Kier alpha value is -3.13. The minimum atomic E-state index is 0.0682.